The van der Waals surface area contributed by atoms with Crippen molar-refractivity contribution in [3.05, 3.63) is 89.2 Å². The Morgan fingerprint density at radius 2 is 2.04 bits per heavy atom. The number of carbonyl (C=O) groups excluding carboxylic acids is 1. The number of para-hydroxylation sites is 1. The Balaban J connectivity index is 1.50. The van der Waals surface area contributed by atoms with E-state index in [1.807, 2.05) is 47.7 Å². The fraction of sp³-hybridized carbons (Fsp3) is 0.217. The summed E-state index contributed by atoms with van der Waals surface area (Å²) < 4.78 is 5.29. The number of nitrogens with zero attached hydrogens (tertiary/aromatic N) is 2. The van der Waals surface area contributed by atoms with Gasteiger partial charge in [-0.15, -0.1) is 0 Å². The van der Waals surface area contributed by atoms with Crippen molar-refractivity contribution >= 4 is 17.2 Å². The molecule has 1 amide bonds. The third kappa shape index (κ3) is 2.78. The Bertz CT molecular complexity index is 1020. The van der Waals surface area contributed by atoms with E-state index >= 15 is 0 Å². The average Bonchev–Trinajstić information content (AvgIpc) is 3.17. The van der Waals surface area contributed by atoms with Gasteiger partial charge in [-0.05, 0) is 71.7 Å². The number of aryl methyl sites for hydroxylation is 1. The predicted octanol–water partition coefficient (Wildman–Crippen LogP) is 4.65. The van der Waals surface area contributed by atoms with Crippen LogP contribution < -0.4 is 4.90 Å². The second kappa shape index (κ2) is 6.54. The molecule has 5 rings (SSSR count). The molecule has 0 saturated carbocycles. The van der Waals surface area contributed by atoms with Crippen molar-refractivity contribution in [1.82, 2.24) is 4.98 Å². The highest BCUT2D eigenvalue weighted by atomic mass is 16.5. The SMILES string of the molecule is O=C(c1cncc(C2=C3C=COC=C3CC2)c1)N1CCCc2ccccc21. The number of amides is 1. The van der Waals surface area contributed by atoms with Gasteiger partial charge in [-0.1, -0.05) is 18.2 Å². The van der Waals surface area contributed by atoms with E-state index in [0.29, 0.717) is 5.56 Å². The lowest BCUT2D eigenvalue weighted by molar-refractivity contribution is 0.0984. The van der Waals surface area contributed by atoms with Gasteiger partial charge in [0.15, 0.2) is 0 Å². The lowest BCUT2D eigenvalue weighted by Gasteiger charge is -2.29. The van der Waals surface area contributed by atoms with Crippen LogP contribution in [-0.2, 0) is 11.2 Å². The smallest absolute Gasteiger partial charge is 0.259 e. The Labute approximate surface area is 158 Å². The Hall–Kier alpha value is -3.14. The zero-order chi connectivity index (χ0) is 18.2. The van der Waals surface area contributed by atoms with Crippen LogP contribution >= 0.6 is 0 Å². The molecule has 3 heterocycles. The van der Waals surface area contributed by atoms with E-state index in [2.05, 4.69) is 11.1 Å². The van der Waals surface area contributed by atoms with E-state index in [0.717, 1.165) is 43.5 Å². The van der Waals surface area contributed by atoms with Crippen LogP contribution in [0.5, 0.6) is 0 Å². The van der Waals surface area contributed by atoms with Crippen molar-refractivity contribution < 1.29 is 9.53 Å². The molecule has 134 valence electrons. The normalized spacial score (nSPS) is 17.9. The van der Waals surface area contributed by atoms with Crippen LogP contribution in [0.15, 0.2) is 72.5 Å². The minimum absolute atomic E-state index is 0.0263. The molecule has 1 aliphatic carbocycles. The molecular formula is C23H20N2O2. The zero-order valence-corrected chi connectivity index (χ0v) is 15.0. The fourth-order valence-electron chi connectivity index (χ4n) is 4.20. The van der Waals surface area contributed by atoms with Gasteiger partial charge in [0.25, 0.3) is 5.91 Å². The second-order valence-corrected chi connectivity index (χ2v) is 7.13. The first kappa shape index (κ1) is 16.1. The molecule has 0 bridgehead atoms. The molecule has 0 radical (unpaired) electrons. The molecule has 3 aliphatic rings. The first-order valence-electron chi connectivity index (χ1n) is 9.41. The minimum atomic E-state index is 0.0263. The minimum Gasteiger partial charge on any atom is -0.472 e. The summed E-state index contributed by atoms with van der Waals surface area (Å²) in [4.78, 5) is 19.5. The Morgan fingerprint density at radius 1 is 1.11 bits per heavy atom. The van der Waals surface area contributed by atoms with Gasteiger partial charge in [0.05, 0.1) is 18.1 Å². The summed E-state index contributed by atoms with van der Waals surface area (Å²) in [7, 11) is 0. The quantitative estimate of drug-likeness (QED) is 0.787. The zero-order valence-electron chi connectivity index (χ0n) is 15.0. The number of aromatic nitrogens is 1. The molecule has 27 heavy (non-hydrogen) atoms. The fourth-order valence-corrected chi connectivity index (χ4v) is 4.20. The average molecular weight is 356 g/mol. The van der Waals surface area contributed by atoms with Gasteiger partial charge in [-0.25, -0.2) is 0 Å². The van der Waals surface area contributed by atoms with Crippen LogP contribution in [0.25, 0.3) is 5.57 Å². The molecule has 0 saturated heterocycles. The van der Waals surface area contributed by atoms with E-state index in [-0.39, 0.29) is 5.91 Å². The summed E-state index contributed by atoms with van der Waals surface area (Å²) in [6.07, 6.45) is 13.0. The van der Waals surface area contributed by atoms with Crippen molar-refractivity contribution in [2.75, 3.05) is 11.4 Å². The number of anilines is 1. The maximum Gasteiger partial charge on any atom is 0.259 e. The number of hydrogen-bond donors (Lipinski definition) is 0. The molecule has 0 fully saturated rings. The molecular weight excluding hydrogens is 336 g/mol. The molecule has 0 unspecified atom stereocenters. The lowest BCUT2D eigenvalue weighted by Crippen LogP contribution is -2.35. The van der Waals surface area contributed by atoms with Crippen LogP contribution in [-0.4, -0.2) is 17.4 Å². The maximum absolute atomic E-state index is 13.2. The molecule has 1 aromatic heterocycles. The molecule has 1 aromatic carbocycles. The van der Waals surface area contributed by atoms with Crippen molar-refractivity contribution in [3.63, 3.8) is 0 Å². The topological polar surface area (TPSA) is 42.4 Å². The maximum atomic E-state index is 13.2. The monoisotopic (exact) mass is 356 g/mol. The molecule has 0 N–H and O–H groups in total. The van der Waals surface area contributed by atoms with Gasteiger partial charge < -0.3 is 9.64 Å². The summed E-state index contributed by atoms with van der Waals surface area (Å²) in [5.74, 6) is 0.0263. The summed E-state index contributed by atoms with van der Waals surface area (Å²) in [6.45, 7) is 0.751. The van der Waals surface area contributed by atoms with E-state index in [1.54, 1.807) is 12.5 Å². The van der Waals surface area contributed by atoms with Gasteiger partial charge in [-0.2, -0.15) is 0 Å². The number of fused-ring (bicyclic) bond motifs is 2. The number of ether oxygens (including phenoxy) is 1. The Kier molecular flexibility index (Phi) is 3.89. The molecule has 2 aliphatic heterocycles. The Morgan fingerprint density at radius 3 is 3.00 bits per heavy atom. The van der Waals surface area contributed by atoms with Gasteiger partial charge >= 0.3 is 0 Å². The first-order chi connectivity index (χ1) is 13.3. The number of carbonyl (C=O) groups is 1. The number of rotatable bonds is 2. The molecule has 0 atom stereocenters. The van der Waals surface area contributed by atoms with Crippen LogP contribution in [0.1, 0.15) is 40.7 Å². The van der Waals surface area contributed by atoms with Crippen LogP contribution in [0, 0.1) is 0 Å². The van der Waals surface area contributed by atoms with E-state index in [1.165, 1.54) is 22.3 Å². The molecule has 2 aromatic rings. The van der Waals surface area contributed by atoms with Gasteiger partial charge in [0.1, 0.15) is 0 Å². The molecule has 4 nitrogen and oxygen atoms in total. The second-order valence-electron chi connectivity index (χ2n) is 7.13. The predicted molar refractivity (Wildman–Crippen MR) is 105 cm³/mol. The van der Waals surface area contributed by atoms with Crippen LogP contribution in [0.2, 0.25) is 0 Å². The highest BCUT2D eigenvalue weighted by Gasteiger charge is 2.25. The van der Waals surface area contributed by atoms with Gasteiger partial charge in [0, 0.05) is 24.6 Å². The number of pyridine rings is 1. The summed E-state index contributed by atoms with van der Waals surface area (Å²) in [5, 5.41) is 0. The van der Waals surface area contributed by atoms with Gasteiger partial charge in [0.2, 0.25) is 0 Å². The number of allylic oxidation sites excluding steroid dienone is 4. The highest BCUT2D eigenvalue weighted by Crippen LogP contribution is 2.40. The highest BCUT2D eigenvalue weighted by molar-refractivity contribution is 6.07. The third-order valence-corrected chi connectivity index (χ3v) is 5.53. The number of hydrogen-bond acceptors (Lipinski definition) is 3. The molecule has 4 heteroatoms. The van der Waals surface area contributed by atoms with Crippen molar-refractivity contribution in [2.24, 2.45) is 0 Å². The van der Waals surface area contributed by atoms with Crippen molar-refractivity contribution in [3.8, 4) is 0 Å². The summed E-state index contributed by atoms with van der Waals surface area (Å²) in [5.41, 5.74) is 7.60. The largest absolute Gasteiger partial charge is 0.472 e. The summed E-state index contributed by atoms with van der Waals surface area (Å²) in [6, 6.07) is 10.2. The molecule has 0 spiro atoms. The number of benzene rings is 1. The summed E-state index contributed by atoms with van der Waals surface area (Å²) >= 11 is 0. The first-order valence-corrected chi connectivity index (χ1v) is 9.41. The van der Waals surface area contributed by atoms with Crippen LogP contribution in [0.4, 0.5) is 5.69 Å². The van der Waals surface area contributed by atoms with Gasteiger partial charge in [-0.3, -0.25) is 9.78 Å². The third-order valence-electron chi connectivity index (χ3n) is 5.53. The van der Waals surface area contributed by atoms with E-state index < -0.39 is 0 Å². The lowest BCUT2D eigenvalue weighted by atomic mass is 9.99. The van der Waals surface area contributed by atoms with E-state index in [4.69, 9.17) is 4.74 Å². The standard InChI is InChI=1S/C23H20N2O2/c26-23(25-10-3-5-16-4-1-2-6-22(16)25)19-12-18(13-24-14-19)20-8-7-17-15-27-11-9-21(17)20/h1-2,4,6,9,11-15H,3,5,7-8,10H2. The van der Waals surface area contributed by atoms with E-state index in [9.17, 15) is 4.79 Å². The van der Waals surface area contributed by atoms with Crippen molar-refractivity contribution in [2.45, 2.75) is 25.7 Å². The van der Waals surface area contributed by atoms with Crippen LogP contribution in [0.3, 0.4) is 0 Å². The van der Waals surface area contributed by atoms with Crippen molar-refractivity contribution in [1.29, 1.82) is 0 Å².